The Hall–Kier alpha value is -4.29. The molecule has 0 fully saturated rings. The van der Waals surface area contributed by atoms with Crippen LogP contribution in [0.5, 0.6) is 23.0 Å². The average molecular weight is 568 g/mol. The van der Waals surface area contributed by atoms with Gasteiger partial charge in [0.25, 0.3) is 0 Å². The van der Waals surface area contributed by atoms with Crippen molar-refractivity contribution in [2.45, 2.75) is 64.9 Å². The van der Waals surface area contributed by atoms with Gasteiger partial charge in [-0.1, -0.05) is 72.8 Å². The summed E-state index contributed by atoms with van der Waals surface area (Å²) in [6, 6.07) is 29.5. The zero-order valence-corrected chi connectivity index (χ0v) is 25.0. The fourth-order valence-electron chi connectivity index (χ4n) is 5.01. The van der Waals surface area contributed by atoms with Gasteiger partial charge in [0.15, 0.2) is 11.5 Å². The van der Waals surface area contributed by atoms with E-state index < -0.39 is 11.6 Å². The van der Waals surface area contributed by atoms with Gasteiger partial charge in [-0.3, -0.25) is 4.99 Å². The highest BCUT2D eigenvalue weighted by Gasteiger charge is 2.44. The fraction of sp³-hybridized carbons (Fsp3) is 0.306. The zero-order chi connectivity index (χ0) is 30.1. The van der Waals surface area contributed by atoms with Crippen molar-refractivity contribution in [2.24, 2.45) is 4.99 Å². The molecule has 0 aromatic heterocycles. The molecule has 0 saturated carbocycles. The molecule has 4 aromatic carbocycles. The van der Waals surface area contributed by atoms with Crippen LogP contribution >= 0.6 is 0 Å². The number of rotatable bonds is 13. The number of phenolic OH excluding ortho intramolecular Hbond substituents is 1. The van der Waals surface area contributed by atoms with E-state index in [4.69, 9.17) is 19.2 Å². The van der Waals surface area contributed by atoms with Gasteiger partial charge in [0.2, 0.25) is 0 Å². The second-order valence-electron chi connectivity index (χ2n) is 10.7. The summed E-state index contributed by atoms with van der Waals surface area (Å²) < 4.78 is 18.1. The lowest BCUT2D eigenvalue weighted by atomic mass is 9.77. The van der Waals surface area contributed by atoms with E-state index >= 15 is 0 Å². The molecule has 42 heavy (non-hydrogen) atoms. The largest absolute Gasteiger partial charge is 0.504 e. The lowest BCUT2D eigenvalue weighted by Crippen LogP contribution is -2.42. The molecule has 0 aliphatic rings. The van der Waals surface area contributed by atoms with Gasteiger partial charge in [-0.05, 0) is 70.9 Å². The van der Waals surface area contributed by atoms with Crippen LogP contribution in [0, 0.1) is 0 Å². The second kappa shape index (κ2) is 14.1. The Labute approximate surface area is 249 Å². The smallest absolute Gasteiger partial charge is 0.166 e. The van der Waals surface area contributed by atoms with Gasteiger partial charge in [-0.25, -0.2) is 0 Å². The highest BCUT2D eigenvalue weighted by Crippen LogP contribution is 2.45. The first-order chi connectivity index (χ1) is 20.2. The molecule has 0 bridgehead atoms. The lowest BCUT2D eigenvalue weighted by Gasteiger charge is -2.37. The van der Waals surface area contributed by atoms with Crippen LogP contribution in [0.3, 0.4) is 0 Å². The minimum absolute atomic E-state index is 0.00261. The molecule has 0 aliphatic carbocycles. The highest BCUT2D eigenvalue weighted by atomic mass is 16.5. The zero-order valence-electron chi connectivity index (χ0n) is 25.0. The Balaban J connectivity index is 1.98. The summed E-state index contributed by atoms with van der Waals surface area (Å²) in [4.78, 5) is 5.02. The van der Waals surface area contributed by atoms with Crippen molar-refractivity contribution in [3.63, 3.8) is 0 Å². The number of hydrogen-bond acceptors (Lipinski definition) is 6. The number of aliphatic hydroxyl groups is 1. The summed E-state index contributed by atoms with van der Waals surface area (Å²) in [5.74, 6) is 1.49. The van der Waals surface area contributed by atoms with Crippen molar-refractivity contribution in [2.75, 3.05) is 6.61 Å². The molecule has 1 unspecified atom stereocenters. The van der Waals surface area contributed by atoms with E-state index in [1.54, 1.807) is 18.3 Å². The maximum Gasteiger partial charge on any atom is 0.166 e. The molecule has 0 amide bonds. The van der Waals surface area contributed by atoms with Crippen LogP contribution in [0.1, 0.15) is 56.9 Å². The van der Waals surface area contributed by atoms with Crippen molar-refractivity contribution < 1.29 is 24.4 Å². The van der Waals surface area contributed by atoms with E-state index in [0.29, 0.717) is 47.0 Å². The number of para-hydroxylation sites is 3. The van der Waals surface area contributed by atoms with E-state index in [1.165, 1.54) is 0 Å². The third kappa shape index (κ3) is 7.12. The Bertz CT molecular complexity index is 1410. The van der Waals surface area contributed by atoms with Crippen molar-refractivity contribution in [1.29, 1.82) is 0 Å². The Kier molecular flexibility index (Phi) is 10.3. The Morgan fingerprint density at radius 1 is 0.714 bits per heavy atom. The average Bonchev–Trinajstić information content (AvgIpc) is 2.97. The van der Waals surface area contributed by atoms with Crippen LogP contribution in [0.2, 0.25) is 0 Å². The quantitative estimate of drug-likeness (QED) is 0.165. The molecule has 0 aliphatic heterocycles. The molecular formula is C36H41NO5. The number of hydrogen-bond donors (Lipinski definition) is 2. The minimum Gasteiger partial charge on any atom is -0.504 e. The number of aliphatic imine (C=N–C) groups is 1. The third-order valence-electron chi connectivity index (χ3n) is 6.80. The molecule has 2 N–H and O–H groups in total. The lowest BCUT2D eigenvalue weighted by molar-refractivity contribution is 0.0443. The SMILES string of the molecule is CCOc1cccc(C=NC(Cc2ccccc2)C(O)(c2ccccc2OC(C)C)c2ccccc2OC(C)C)c1O. The van der Waals surface area contributed by atoms with Gasteiger partial charge in [0.1, 0.15) is 17.1 Å². The summed E-state index contributed by atoms with van der Waals surface area (Å²) in [5, 5.41) is 24.1. The second-order valence-corrected chi connectivity index (χ2v) is 10.7. The van der Waals surface area contributed by atoms with E-state index in [2.05, 4.69) is 0 Å². The first-order valence-corrected chi connectivity index (χ1v) is 14.5. The molecule has 0 spiro atoms. The molecular weight excluding hydrogens is 526 g/mol. The molecule has 0 radical (unpaired) electrons. The molecule has 1 atom stereocenters. The molecule has 4 rings (SSSR count). The summed E-state index contributed by atoms with van der Waals surface area (Å²) in [6.07, 6.45) is 1.76. The first-order valence-electron chi connectivity index (χ1n) is 14.5. The Morgan fingerprint density at radius 2 is 1.24 bits per heavy atom. The molecule has 6 heteroatoms. The maximum atomic E-state index is 13.2. The molecule has 220 valence electrons. The number of nitrogens with zero attached hydrogens (tertiary/aromatic N) is 1. The maximum absolute atomic E-state index is 13.2. The normalized spacial score (nSPS) is 12.6. The van der Waals surface area contributed by atoms with E-state index in [0.717, 1.165) is 5.56 Å². The van der Waals surface area contributed by atoms with Gasteiger partial charge in [-0.15, -0.1) is 0 Å². The van der Waals surface area contributed by atoms with Crippen LogP contribution in [0.15, 0.2) is 102 Å². The van der Waals surface area contributed by atoms with Crippen LogP contribution in [-0.4, -0.2) is 41.3 Å². The third-order valence-corrected chi connectivity index (χ3v) is 6.80. The predicted molar refractivity (Wildman–Crippen MR) is 168 cm³/mol. The van der Waals surface area contributed by atoms with Gasteiger partial charge in [0, 0.05) is 22.9 Å². The van der Waals surface area contributed by atoms with Gasteiger partial charge < -0.3 is 24.4 Å². The van der Waals surface area contributed by atoms with Crippen LogP contribution in [0.4, 0.5) is 0 Å². The number of phenols is 1. The van der Waals surface area contributed by atoms with Gasteiger partial charge in [0.05, 0.1) is 24.9 Å². The number of ether oxygens (including phenoxy) is 3. The molecule has 6 nitrogen and oxygen atoms in total. The minimum atomic E-state index is -1.68. The summed E-state index contributed by atoms with van der Waals surface area (Å²) in [6.45, 7) is 10.1. The Morgan fingerprint density at radius 3 is 1.79 bits per heavy atom. The monoisotopic (exact) mass is 567 g/mol. The van der Waals surface area contributed by atoms with E-state index in [-0.39, 0.29) is 18.0 Å². The number of benzene rings is 4. The highest BCUT2D eigenvalue weighted by molar-refractivity contribution is 5.85. The molecule has 4 aromatic rings. The van der Waals surface area contributed by atoms with Gasteiger partial charge >= 0.3 is 0 Å². The van der Waals surface area contributed by atoms with Crippen LogP contribution in [0.25, 0.3) is 0 Å². The molecule has 0 saturated heterocycles. The predicted octanol–water partition coefficient (Wildman–Crippen LogP) is 7.33. The van der Waals surface area contributed by atoms with Crippen molar-refractivity contribution in [1.82, 2.24) is 0 Å². The van der Waals surface area contributed by atoms with Crippen LogP contribution < -0.4 is 14.2 Å². The van der Waals surface area contributed by atoms with Crippen molar-refractivity contribution in [3.8, 4) is 23.0 Å². The number of aromatic hydroxyl groups is 1. The first kappa shape index (κ1) is 30.7. The summed E-state index contributed by atoms with van der Waals surface area (Å²) in [7, 11) is 0. The van der Waals surface area contributed by atoms with E-state index in [1.807, 2.05) is 120 Å². The summed E-state index contributed by atoms with van der Waals surface area (Å²) >= 11 is 0. The molecule has 0 heterocycles. The summed E-state index contributed by atoms with van der Waals surface area (Å²) in [5.41, 5.74) is 0.943. The van der Waals surface area contributed by atoms with Crippen molar-refractivity contribution in [3.05, 3.63) is 119 Å². The van der Waals surface area contributed by atoms with E-state index in [9.17, 15) is 10.2 Å². The standard InChI is InChI=1S/C36H41NO5/c1-6-40-33-22-14-17-28(35(33)38)24-37-34(23-27-15-8-7-9-16-27)36(39,29-18-10-12-20-31(29)41-25(2)3)30-19-11-13-21-32(30)42-26(4)5/h7-22,24-26,34,38-39H,6,23H2,1-5H3. The van der Waals surface area contributed by atoms with Crippen LogP contribution in [-0.2, 0) is 12.0 Å². The van der Waals surface area contributed by atoms with Crippen molar-refractivity contribution >= 4 is 6.21 Å². The van der Waals surface area contributed by atoms with Gasteiger partial charge in [-0.2, -0.15) is 0 Å². The topological polar surface area (TPSA) is 80.5 Å². The fourth-order valence-corrected chi connectivity index (χ4v) is 5.01.